The third-order valence-corrected chi connectivity index (χ3v) is 6.09. The largest absolute Gasteiger partial charge is 0.351 e. The van der Waals surface area contributed by atoms with Crippen LogP contribution in [0.25, 0.3) is 11.1 Å². The van der Waals surface area contributed by atoms with E-state index >= 15 is 0 Å². The molecule has 3 rings (SSSR count). The van der Waals surface area contributed by atoms with E-state index in [-0.39, 0.29) is 5.91 Å². The highest BCUT2D eigenvalue weighted by Crippen LogP contribution is 2.33. The number of rotatable bonds is 8. The number of nitrogens with one attached hydrogen (secondary N) is 1. The number of amides is 1. The number of carbonyl (C=O) groups is 1. The normalized spacial score (nSPS) is 11.1. The number of hydrogen-bond donors (Lipinski definition) is 2. The second-order valence-corrected chi connectivity index (χ2v) is 9.21. The summed E-state index contributed by atoms with van der Waals surface area (Å²) in [6.45, 7) is 9.42. The first-order chi connectivity index (χ1) is 14.4. The van der Waals surface area contributed by atoms with Gasteiger partial charge in [-0.25, -0.2) is 0 Å². The Bertz CT molecular complexity index is 992. The van der Waals surface area contributed by atoms with Gasteiger partial charge in [0.15, 0.2) is 0 Å². The lowest BCUT2D eigenvalue weighted by Crippen LogP contribution is -2.25. The summed E-state index contributed by atoms with van der Waals surface area (Å²) >= 11 is 1.65. The van der Waals surface area contributed by atoms with Gasteiger partial charge in [-0.3, -0.25) is 9.78 Å². The average molecular weight is 422 g/mol. The van der Waals surface area contributed by atoms with Crippen molar-refractivity contribution in [3.8, 4) is 11.1 Å². The lowest BCUT2D eigenvalue weighted by atomic mass is 9.88. The summed E-state index contributed by atoms with van der Waals surface area (Å²) in [5.41, 5.74) is 13.6. The third-order valence-electron chi connectivity index (χ3n) is 5.21. The Balaban J connectivity index is 2.01. The SMILES string of the molecule is Cc1ccc(-c2c(CC(=O)NCc3cccs3)c(C)nc(CC(C)C)c2CN)cc1. The van der Waals surface area contributed by atoms with Gasteiger partial charge < -0.3 is 11.1 Å². The predicted octanol–water partition coefficient (Wildman–Crippen LogP) is 4.94. The van der Waals surface area contributed by atoms with Gasteiger partial charge in [0.1, 0.15) is 0 Å². The molecule has 3 aromatic rings. The van der Waals surface area contributed by atoms with Crippen LogP contribution in [0.4, 0.5) is 0 Å². The minimum Gasteiger partial charge on any atom is -0.351 e. The topological polar surface area (TPSA) is 68.0 Å². The van der Waals surface area contributed by atoms with Crippen molar-refractivity contribution in [1.82, 2.24) is 10.3 Å². The molecule has 0 aliphatic heterocycles. The fourth-order valence-electron chi connectivity index (χ4n) is 3.73. The first kappa shape index (κ1) is 22.2. The molecule has 4 nitrogen and oxygen atoms in total. The molecule has 0 aliphatic rings. The molecule has 5 heteroatoms. The van der Waals surface area contributed by atoms with Crippen molar-refractivity contribution in [3.05, 3.63) is 74.7 Å². The van der Waals surface area contributed by atoms with E-state index in [1.165, 1.54) is 5.56 Å². The molecule has 0 fully saturated rings. The Morgan fingerprint density at radius 1 is 1.13 bits per heavy atom. The molecule has 2 heterocycles. The molecule has 0 unspecified atom stereocenters. The van der Waals surface area contributed by atoms with E-state index in [4.69, 9.17) is 10.7 Å². The fraction of sp³-hybridized carbons (Fsp3) is 0.360. The Morgan fingerprint density at radius 2 is 1.87 bits per heavy atom. The molecule has 0 saturated carbocycles. The summed E-state index contributed by atoms with van der Waals surface area (Å²) in [7, 11) is 0. The number of hydrogen-bond acceptors (Lipinski definition) is 4. The Morgan fingerprint density at radius 3 is 2.47 bits per heavy atom. The Kier molecular flexibility index (Phi) is 7.40. The van der Waals surface area contributed by atoms with Gasteiger partial charge in [-0.05, 0) is 59.9 Å². The molecule has 0 saturated heterocycles. The smallest absolute Gasteiger partial charge is 0.224 e. The molecule has 1 aromatic carbocycles. The summed E-state index contributed by atoms with van der Waals surface area (Å²) in [5.74, 6) is 0.481. The third kappa shape index (κ3) is 5.35. The van der Waals surface area contributed by atoms with Crippen molar-refractivity contribution < 1.29 is 4.79 Å². The van der Waals surface area contributed by atoms with Crippen LogP contribution in [0, 0.1) is 19.8 Å². The van der Waals surface area contributed by atoms with E-state index in [0.29, 0.717) is 25.4 Å². The fourth-order valence-corrected chi connectivity index (χ4v) is 4.37. The lowest BCUT2D eigenvalue weighted by molar-refractivity contribution is -0.120. The van der Waals surface area contributed by atoms with E-state index in [1.54, 1.807) is 11.3 Å². The maximum absolute atomic E-state index is 12.8. The molecule has 158 valence electrons. The molecule has 1 amide bonds. The number of thiophene rings is 1. The number of pyridine rings is 1. The zero-order valence-corrected chi connectivity index (χ0v) is 19.1. The van der Waals surface area contributed by atoms with Gasteiger partial charge >= 0.3 is 0 Å². The first-order valence-corrected chi connectivity index (χ1v) is 11.3. The standard InChI is InChI=1S/C25H31N3OS/c1-16(2)12-23-22(14-26)25(19-9-7-17(3)8-10-19)21(18(4)28-23)13-24(29)27-15-20-6-5-11-30-20/h5-11,16H,12-15,26H2,1-4H3,(H,27,29). The van der Waals surface area contributed by atoms with Crippen molar-refractivity contribution in [2.45, 2.75) is 53.6 Å². The lowest BCUT2D eigenvalue weighted by Gasteiger charge is -2.21. The van der Waals surface area contributed by atoms with Crippen LogP contribution in [0.2, 0.25) is 0 Å². The number of nitrogens with two attached hydrogens (primary N) is 1. The van der Waals surface area contributed by atoms with Crippen LogP contribution in [0.1, 0.15) is 46.8 Å². The highest BCUT2D eigenvalue weighted by molar-refractivity contribution is 7.09. The van der Waals surface area contributed by atoms with E-state index in [1.807, 2.05) is 24.4 Å². The highest BCUT2D eigenvalue weighted by Gasteiger charge is 2.21. The second-order valence-electron chi connectivity index (χ2n) is 8.18. The number of nitrogens with zero attached hydrogens (tertiary/aromatic N) is 1. The molecular formula is C25H31N3OS. The van der Waals surface area contributed by atoms with Crippen molar-refractivity contribution in [2.24, 2.45) is 11.7 Å². The Labute approximate surface area is 183 Å². The minimum atomic E-state index is 0.00115. The van der Waals surface area contributed by atoms with Crippen molar-refractivity contribution in [3.63, 3.8) is 0 Å². The van der Waals surface area contributed by atoms with Gasteiger partial charge in [0, 0.05) is 22.8 Å². The summed E-state index contributed by atoms with van der Waals surface area (Å²) < 4.78 is 0. The molecule has 0 aliphatic carbocycles. The molecule has 30 heavy (non-hydrogen) atoms. The minimum absolute atomic E-state index is 0.00115. The van der Waals surface area contributed by atoms with Gasteiger partial charge in [-0.1, -0.05) is 49.7 Å². The first-order valence-electron chi connectivity index (χ1n) is 10.5. The van der Waals surface area contributed by atoms with E-state index in [9.17, 15) is 4.79 Å². The summed E-state index contributed by atoms with van der Waals surface area (Å²) in [5, 5.41) is 5.07. The van der Waals surface area contributed by atoms with Crippen LogP contribution in [0.3, 0.4) is 0 Å². The van der Waals surface area contributed by atoms with Crippen molar-refractivity contribution in [2.75, 3.05) is 0 Å². The molecule has 0 bridgehead atoms. The van der Waals surface area contributed by atoms with Gasteiger partial charge in [-0.2, -0.15) is 0 Å². The van der Waals surface area contributed by atoms with E-state index < -0.39 is 0 Å². The molecule has 0 radical (unpaired) electrons. The van der Waals surface area contributed by atoms with Crippen molar-refractivity contribution in [1.29, 1.82) is 0 Å². The van der Waals surface area contributed by atoms with Gasteiger partial charge in [0.2, 0.25) is 5.91 Å². The summed E-state index contributed by atoms with van der Waals surface area (Å²) in [6, 6.07) is 12.5. The van der Waals surface area contributed by atoms with Crippen LogP contribution in [0.5, 0.6) is 0 Å². The highest BCUT2D eigenvalue weighted by atomic mass is 32.1. The molecule has 3 N–H and O–H groups in total. The average Bonchev–Trinajstić information content (AvgIpc) is 3.22. The molecular weight excluding hydrogens is 390 g/mol. The van der Waals surface area contributed by atoms with E-state index in [0.717, 1.165) is 44.9 Å². The second kappa shape index (κ2) is 10.0. The zero-order valence-electron chi connectivity index (χ0n) is 18.3. The van der Waals surface area contributed by atoms with E-state index in [2.05, 4.69) is 50.4 Å². The van der Waals surface area contributed by atoms with Gasteiger partial charge in [0.25, 0.3) is 0 Å². The van der Waals surface area contributed by atoms with Crippen LogP contribution in [-0.4, -0.2) is 10.9 Å². The zero-order chi connectivity index (χ0) is 21.7. The predicted molar refractivity (Wildman–Crippen MR) is 125 cm³/mol. The summed E-state index contributed by atoms with van der Waals surface area (Å²) in [6.07, 6.45) is 1.17. The van der Waals surface area contributed by atoms with Crippen molar-refractivity contribution >= 4 is 17.2 Å². The van der Waals surface area contributed by atoms with Gasteiger partial charge in [0.05, 0.1) is 13.0 Å². The maximum Gasteiger partial charge on any atom is 0.224 e. The molecule has 0 atom stereocenters. The molecule has 0 spiro atoms. The van der Waals surface area contributed by atoms with Crippen LogP contribution in [0.15, 0.2) is 41.8 Å². The Hall–Kier alpha value is -2.50. The number of carbonyl (C=O) groups excluding carboxylic acids is 1. The monoisotopic (exact) mass is 421 g/mol. The summed E-state index contributed by atoms with van der Waals surface area (Å²) in [4.78, 5) is 18.8. The number of aromatic nitrogens is 1. The quantitative estimate of drug-likeness (QED) is 0.541. The molecule has 2 aromatic heterocycles. The maximum atomic E-state index is 12.8. The van der Waals surface area contributed by atoms with Gasteiger partial charge in [-0.15, -0.1) is 11.3 Å². The van der Waals surface area contributed by atoms with Crippen LogP contribution < -0.4 is 11.1 Å². The number of benzene rings is 1. The van der Waals surface area contributed by atoms with Crippen LogP contribution in [-0.2, 0) is 30.7 Å². The number of aryl methyl sites for hydroxylation is 2. The van der Waals surface area contributed by atoms with Crippen LogP contribution >= 0.6 is 11.3 Å².